The van der Waals surface area contributed by atoms with Crippen molar-refractivity contribution in [3.63, 3.8) is 0 Å². The predicted molar refractivity (Wildman–Crippen MR) is 96.9 cm³/mol. The van der Waals surface area contributed by atoms with Gasteiger partial charge in [-0.2, -0.15) is 0 Å². The Bertz CT molecular complexity index is 735. The summed E-state index contributed by atoms with van der Waals surface area (Å²) in [7, 11) is 0. The highest BCUT2D eigenvalue weighted by Gasteiger charge is 2.03. The Morgan fingerprint density at radius 2 is 1.91 bits per heavy atom. The summed E-state index contributed by atoms with van der Waals surface area (Å²) in [6, 6.07) is 12.9. The Labute approximate surface area is 134 Å². The van der Waals surface area contributed by atoms with Crippen molar-refractivity contribution in [2.75, 3.05) is 11.1 Å². The average Bonchev–Trinajstić information content (AvgIpc) is 2.49. The van der Waals surface area contributed by atoms with Crippen molar-refractivity contribution in [2.45, 2.75) is 6.92 Å². The van der Waals surface area contributed by atoms with Gasteiger partial charge in [-0.25, -0.2) is 4.99 Å². The minimum Gasteiger partial charge on any atom is -0.398 e. The van der Waals surface area contributed by atoms with E-state index in [0.29, 0.717) is 21.9 Å². The molecule has 0 fully saturated rings. The van der Waals surface area contributed by atoms with Crippen LogP contribution in [0.5, 0.6) is 0 Å². The van der Waals surface area contributed by atoms with E-state index in [4.69, 9.17) is 29.1 Å². The van der Waals surface area contributed by atoms with E-state index in [-0.39, 0.29) is 5.96 Å². The highest BCUT2D eigenvalue weighted by atomic mass is 32.1. The number of aliphatic imine (C=N–C) groups is 1. The van der Waals surface area contributed by atoms with E-state index in [1.807, 2.05) is 31.2 Å². The van der Waals surface area contributed by atoms with Crippen molar-refractivity contribution in [3.05, 3.63) is 59.2 Å². The quantitative estimate of drug-likeness (QED) is 0.303. The molecule has 5 nitrogen and oxygen atoms in total. The maximum Gasteiger partial charge on any atom is 0.199 e. The van der Waals surface area contributed by atoms with Crippen LogP contribution in [0.25, 0.3) is 0 Å². The molecule has 6 heteroatoms. The van der Waals surface area contributed by atoms with E-state index in [1.54, 1.807) is 18.2 Å². The maximum absolute atomic E-state index is 7.29. The lowest BCUT2D eigenvalue weighted by Crippen LogP contribution is -2.24. The molecule has 2 rings (SSSR count). The summed E-state index contributed by atoms with van der Waals surface area (Å²) in [5.74, 6) is 0.186. The number of hydrogen-bond acceptors (Lipinski definition) is 3. The zero-order valence-corrected chi connectivity index (χ0v) is 12.9. The van der Waals surface area contributed by atoms with E-state index < -0.39 is 0 Å². The minimum absolute atomic E-state index is 0.186. The molecule has 0 saturated heterocycles. The van der Waals surface area contributed by atoms with Crippen LogP contribution in [-0.4, -0.2) is 17.2 Å². The number of rotatable bonds is 3. The zero-order valence-electron chi connectivity index (χ0n) is 12.1. The SMILES string of the molecule is Cc1ccc(C(=S)N=C(N)Nc2ccc(N)c(C=N)c2)cc1. The largest absolute Gasteiger partial charge is 0.398 e. The van der Waals surface area contributed by atoms with Crippen LogP contribution in [-0.2, 0) is 0 Å². The summed E-state index contributed by atoms with van der Waals surface area (Å²) in [5.41, 5.74) is 15.4. The van der Waals surface area contributed by atoms with Crippen LogP contribution in [0, 0.1) is 12.3 Å². The summed E-state index contributed by atoms with van der Waals surface area (Å²) >= 11 is 5.26. The third-order valence-corrected chi connectivity index (χ3v) is 3.36. The van der Waals surface area contributed by atoms with Crippen molar-refractivity contribution < 1.29 is 0 Å². The number of anilines is 2. The second-order valence-corrected chi connectivity index (χ2v) is 5.17. The van der Waals surface area contributed by atoms with Gasteiger partial charge in [-0.1, -0.05) is 42.0 Å². The molecule has 0 bridgehead atoms. The molecular formula is C16H17N5S. The Morgan fingerprint density at radius 3 is 2.55 bits per heavy atom. The van der Waals surface area contributed by atoms with Gasteiger partial charge in [0.15, 0.2) is 5.96 Å². The van der Waals surface area contributed by atoms with Gasteiger partial charge in [0.05, 0.1) is 0 Å². The van der Waals surface area contributed by atoms with E-state index in [0.717, 1.165) is 11.1 Å². The molecule has 2 aromatic rings. The van der Waals surface area contributed by atoms with E-state index in [1.165, 1.54) is 6.21 Å². The molecule has 0 radical (unpaired) electrons. The van der Waals surface area contributed by atoms with Crippen LogP contribution in [0.3, 0.4) is 0 Å². The normalized spacial score (nSPS) is 11.0. The van der Waals surface area contributed by atoms with E-state index in [9.17, 15) is 0 Å². The molecule has 0 saturated carbocycles. The summed E-state index contributed by atoms with van der Waals surface area (Å²) in [5, 5.41) is 10.2. The maximum atomic E-state index is 7.29. The number of nitrogen functional groups attached to an aromatic ring is 1. The first-order valence-electron chi connectivity index (χ1n) is 6.62. The number of benzene rings is 2. The molecular weight excluding hydrogens is 294 g/mol. The molecule has 0 unspecified atom stereocenters. The van der Waals surface area contributed by atoms with Crippen molar-refractivity contribution in [3.8, 4) is 0 Å². The van der Waals surface area contributed by atoms with Gasteiger partial charge >= 0.3 is 0 Å². The molecule has 0 atom stereocenters. The third-order valence-electron chi connectivity index (χ3n) is 3.04. The number of guanidine groups is 1. The Hall–Kier alpha value is -2.73. The van der Waals surface area contributed by atoms with E-state index >= 15 is 0 Å². The fourth-order valence-corrected chi connectivity index (χ4v) is 2.06. The Kier molecular flexibility index (Phi) is 4.85. The van der Waals surface area contributed by atoms with Crippen molar-refractivity contribution >= 4 is 40.8 Å². The monoisotopic (exact) mass is 311 g/mol. The number of nitrogens with zero attached hydrogens (tertiary/aromatic N) is 1. The molecule has 0 aliphatic rings. The van der Waals surface area contributed by atoms with Gasteiger partial charge in [0.2, 0.25) is 0 Å². The van der Waals surface area contributed by atoms with Crippen LogP contribution in [0.1, 0.15) is 16.7 Å². The first kappa shape index (κ1) is 15.7. The molecule has 0 aromatic heterocycles. The molecule has 0 aliphatic carbocycles. The lowest BCUT2D eigenvalue weighted by molar-refractivity contribution is 1.45. The van der Waals surface area contributed by atoms with Crippen LogP contribution in [0.2, 0.25) is 0 Å². The Morgan fingerprint density at radius 1 is 1.23 bits per heavy atom. The number of aryl methyl sites for hydroxylation is 1. The number of thiocarbonyl (C=S) groups is 1. The third kappa shape index (κ3) is 3.89. The Balaban J connectivity index is 2.14. The fraction of sp³-hybridized carbons (Fsp3) is 0.0625. The first-order chi connectivity index (χ1) is 10.5. The number of hydrogen-bond donors (Lipinski definition) is 4. The standard InChI is InChI=1S/C16H17N5S/c1-10-2-4-11(5-3-10)15(22)21-16(19)20-13-6-7-14(18)12(8-13)9-17/h2-9,17H,18H2,1H3,(H3,19,20,21,22). The molecule has 0 amide bonds. The predicted octanol–water partition coefficient (Wildman–Crippen LogP) is 2.68. The highest BCUT2D eigenvalue weighted by molar-refractivity contribution is 7.80. The van der Waals surface area contributed by atoms with Gasteiger partial charge in [0.25, 0.3) is 0 Å². The molecule has 0 heterocycles. The van der Waals surface area contributed by atoms with Gasteiger partial charge < -0.3 is 22.2 Å². The molecule has 0 spiro atoms. The smallest absolute Gasteiger partial charge is 0.199 e. The van der Waals surface area contributed by atoms with Gasteiger partial charge in [0, 0.05) is 28.7 Å². The van der Waals surface area contributed by atoms with Gasteiger partial charge in [-0.15, -0.1) is 0 Å². The van der Waals surface area contributed by atoms with Crippen LogP contribution >= 0.6 is 12.2 Å². The lowest BCUT2D eigenvalue weighted by atomic mass is 10.1. The van der Waals surface area contributed by atoms with Crippen molar-refractivity contribution in [2.24, 2.45) is 10.7 Å². The fourth-order valence-electron chi connectivity index (χ4n) is 1.82. The second-order valence-electron chi connectivity index (χ2n) is 4.78. The van der Waals surface area contributed by atoms with Gasteiger partial charge in [-0.3, -0.25) is 0 Å². The average molecular weight is 311 g/mol. The second kappa shape index (κ2) is 6.82. The lowest BCUT2D eigenvalue weighted by Gasteiger charge is -2.08. The summed E-state index contributed by atoms with van der Waals surface area (Å²) in [4.78, 5) is 4.59. The topological polar surface area (TPSA) is 100 Å². The summed E-state index contributed by atoms with van der Waals surface area (Å²) < 4.78 is 0. The number of nitrogens with one attached hydrogen (secondary N) is 2. The molecule has 2 aromatic carbocycles. The van der Waals surface area contributed by atoms with Crippen molar-refractivity contribution in [1.29, 1.82) is 5.41 Å². The number of nitrogens with two attached hydrogens (primary N) is 2. The summed E-state index contributed by atoms with van der Waals surface area (Å²) in [6.45, 7) is 2.01. The molecule has 6 N–H and O–H groups in total. The molecule has 0 aliphatic heterocycles. The first-order valence-corrected chi connectivity index (χ1v) is 7.02. The molecule has 22 heavy (non-hydrogen) atoms. The van der Waals surface area contributed by atoms with Crippen LogP contribution < -0.4 is 16.8 Å². The van der Waals surface area contributed by atoms with Crippen molar-refractivity contribution in [1.82, 2.24) is 0 Å². The highest BCUT2D eigenvalue weighted by Crippen LogP contribution is 2.16. The van der Waals surface area contributed by atoms with Gasteiger partial charge in [-0.05, 0) is 25.1 Å². The van der Waals surface area contributed by atoms with Crippen LogP contribution in [0.4, 0.5) is 11.4 Å². The minimum atomic E-state index is 0.186. The van der Waals surface area contributed by atoms with Gasteiger partial charge in [0.1, 0.15) is 4.99 Å². The molecule has 112 valence electrons. The van der Waals surface area contributed by atoms with E-state index in [2.05, 4.69) is 10.3 Å². The summed E-state index contributed by atoms with van der Waals surface area (Å²) in [6.07, 6.45) is 1.19. The van der Waals surface area contributed by atoms with Crippen LogP contribution in [0.15, 0.2) is 47.5 Å². The zero-order chi connectivity index (χ0) is 16.1.